The minimum absolute atomic E-state index is 0.186. The van der Waals surface area contributed by atoms with E-state index in [0.717, 1.165) is 5.37 Å². The van der Waals surface area contributed by atoms with E-state index in [9.17, 15) is 4.79 Å². The fraction of sp³-hybridized carbons (Fsp3) is 0. The summed E-state index contributed by atoms with van der Waals surface area (Å²) < 4.78 is 0. The molecule has 0 atom stereocenters. The van der Waals surface area contributed by atoms with Gasteiger partial charge < -0.3 is 5.73 Å². The Morgan fingerprint density at radius 3 is 2.90 bits per heavy atom. The summed E-state index contributed by atoms with van der Waals surface area (Å²) in [5.74, 6) is -0.186. The van der Waals surface area contributed by atoms with Crippen LogP contribution >= 0.6 is 23.6 Å². The number of nitrogens with two attached hydrogens (primary N) is 1. The van der Waals surface area contributed by atoms with E-state index in [4.69, 9.17) is 5.73 Å². The highest BCUT2D eigenvalue weighted by Crippen LogP contribution is 2.18. The van der Waals surface area contributed by atoms with Crippen molar-refractivity contribution in [1.29, 1.82) is 0 Å². The van der Waals surface area contributed by atoms with E-state index >= 15 is 0 Å². The fourth-order valence-corrected chi connectivity index (χ4v) is 1.36. The van der Waals surface area contributed by atoms with E-state index in [1.807, 2.05) is 0 Å². The van der Waals surface area contributed by atoms with E-state index in [1.54, 1.807) is 11.4 Å². The maximum atomic E-state index is 10.9. The number of rotatable bonds is 2. The molecule has 2 nitrogen and oxygen atoms in total. The summed E-state index contributed by atoms with van der Waals surface area (Å²) >= 11 is 5.80. The maximum Gasteiger partial charge on any atom is 0.199 e. The molecule has 4 heteroatoms. The number of thiophene rings is 1. The Hall–Kier alpha value is -0.740. The summed E-state index contributed by atoms with van der Waals surface area (Å²) in [7, 11) is 0. The predicted molar refractivity (Wildman–Crippen MR) is 46.7 cm³/mol. The first kappa shape index (κ1) is 7.37. The third-order valence-corrected chi connectivity index (χ3v) is 2.03. The van der Waals surface area contributed by atoms with Crippen molar-refractivity contribution in [2.75, 3.05) is 5.73 Å². The average Bonchev–Trinajstić information content (AvgIpc) is 2.34. The molecule has 2 N–H and O–H groups in total. The second-order valence-electron chi connectivity index (χ2n) is 1.68. The summed E-state index contributed by atoms with van der Waals surface area (Å²) in [5, 5.41) is 3.39. The van der Waals surface area contributed by atoms with Gasteiger partial charge in [0.05, 0.1) is 10.6 Å². The van der Waals surface area contributed by atoms with Gasteiger partial charge >= 0.3 is 0 Å². The normalized spacial score (nSPS) is 9.20. The Labute approximate surface area is 67.7 Å². The van der Waals surface area contributed by atoms with Gasteiger partial charge in [0.2, 0.25) is 0 Å². The van der Waals surface area contributed by atoms with Crippen LogP contribution in [0.2, 0.25) is 0 Å². The second kappa shape index (κ2) is 2.90. The van der Waals surface area contributed by atoms with Crippen molar-refractivity contribution < 1.29 is 4.79 Å². The summed E-state index contributed by atoms with van der Waals surface area (Å²) in [6.07, 6.45) is 0. The first-order valence-corrected chi connectivity index (χ1v) is 3.93. The highest BCUT2D eigenvalue weighted by molar-refractivity contribution is 7.80. The first-order chi connectivity index (χ1) is 4.75. The largest absolute Gasteiger partial charge is 0.390 e. The van der Waals surface area contributed by atoms with Crippen LogP contribution in [-0.4, -0.2) is 11.2 Å². The van der Waals surface area contributed by atoms with Crippen LogP contribution in [0.5, 0.6) is 0 Å². The standard InChI is InChI=1S/C6H5NOS2/c7-6-4(1-2-10-6)5(8)3-9/h1-3H,7H2. The summed E-state index contributed by atoms with van der Waals surface area (Å²) in [6, 6.07) is 1.67. The number of carbonyl (C=O) groups is 1. The molecule has 1 aromatic heterocycles. The maximum absolute atomic E-state index is 10.9. The zero-order valence-electron chi connectivity index (χ0n) is 5.03. The van der Waals surface area contributed by atoms with Crippen molar-refractivity contribution in [1.82, 2.24) is 0 Å². The number of anilines is 1. The lowest BCUT2D eigenvalue weighted by Gasteiger charge is -1.88. The molecule has 52 valence electrons. The van der Waals surface area contributed by atoms with Gasteiger partial charge in [-0.05, 0) is 11.4 Å². The van der Waals surface area contributed by atoms with E-state index in [-0.39, 0.29) is 5.78 Å². The van der Waals surface area contributed by atoms with Crippen LogP contribution in [0.1, 0.15) is 10.4 Å². The molecule has 0 aliphatic carbocycles. The minimum Gasteiger partial charge on any atom is -0.390 e. The molecule has 0 unspecified atom stereocenters. The Morgan fingerprint density at radius 1 is 1.80 bits per heavy atom. The molecular weight excluding hydrogens is 166 g/mol. The molecule has 0 saturated heterocycles. The number of nitrogen functional groups attached to an aromatic ring is 1. The monoisotopic (exact) mass is 171 g/mol. The molecule has 0 aliphatic rings. The quantitative estimate of drug-likeness (QED) is 0.542. The number of ketones is 1. The SMILES string of the molecule is Nc1sccc1C(=O)C=S. The number of hydrogen-bond acceptors (Lipinski definition) is 4. The second-order valence-corrected chi connectivity index (χ2v) is 2.86. The van der Waals surface area contributed by atoms with Crippen LogP contribution < -0.4 is 5.73 Å². The van der Waals surface area contributed by atoms with Crippen molar-refractivity contribution in [2.45, 2.75) is 0 Å². The van der Waals surface area contributed by atoms with Gasteiger partial charge in [-0.3, -0.25) is 4.79 Å². The molecule has 1 heterocycles. The van der Waals surface area contributed by atoms with Crippen LogP contribution in [0.25, 0.3) is 0 Å². The van der Waals surface area contributed by atoms with Gasteiger partial charge in [0.25, 0.3) is 0 Å². The van der Waals surface area contributed by atoms with Crippen LogP contribution in [0.15, 0.2) is 11.4 Å². The van der Waals surface area contributed by atoms with Gasteiger partial charge in [-0.25, -0.2) is 0 Å². The van der Waals surface area contributed by atoms with Crippen molar-refractivity contribution in [2.24, 2.45) is 0 Å². The lowest BCUT2D eigenvalue weighted by molar-refractivity contribution is 0.107. The molecule has 0 radical (unpaired) electrons. The minimum atomic E-state index is -0.186. The number of hydrogen-bond donors (Lipinski definition) is 1. The molecule has 1 aromatic rings. The van der Waals surface area contributed by atoms with Gasteiger partial charge in [-0.1, -0.05) is 12.2 Å². The van der Waals surface area contributed by atoms with E-state index in [2.05, 4.69) is 12.2 Å². The van der Waals surface area contributed by atoms with Gasteiger partial charge in [-0.15, -0.1) is 11.3 Å². The molecular formula is C6H5NOS2. The molecule has 0 amide bonds. The van der Waals surface area contributed by atoms with Gasteiger partial charge in [0.15, 0.2) is 5.78 Å². The van der Waals surface area contributed by atoms with Crippen LogP contribution in [-0.2, 0) is 0 Å². The van der Waals surface area contributed by atoms with Gasteiger partial charge in [0, 0.05) is 5.37 Å². The van der Waals surface area contributed by atoms with Gasteiger partial charge in [0.1, 0.15) is 0 Å². The number of Topliss-reactive ketones (excluding diaryl/α,β-unsaturated/α-hetero) is 1. The summed E-state index contributed by atoms with van der Waals surface area (Å²) in [5.41, 5.74) is 5.96. The molecule has 10 heavy (non-hydrogen) atoms. The van der Waals surface area contributed by atoms with Crippen molar-refractivity contribution >= 4 is 39.7 Å². The average molecular weight is 171 g/mol. The Bertz CT molecular complexity index is 266. The van der Waals surface area contributed by atoms with E-state index in [1.165, 1.54) is 11.3 Å². The van der Waals surface area contributed by atoms with Crippen molar-refractivity contribution in [3.63, 3.8) is 0 Å². The number of thiocarbonyl (C=S) groups is 1. The Balaban J connectivity index is 3.04. The zero-order chi connectivity index (χ0) is 7.56. The molecule has 0 saturated carbocycles. The smallest absolute Gasteiger partial charge is 0.199 e. The lowest BCUT2D eigenvalue weighted by atomic mass is 10.2. The fourth-order valence-electron chi connectivity index (χ4n) is 0.588. The lowest BCUT2D eigenvalue weighted by Crippen LogP contribution is -1.99. The third-order valence-electron chi connectivity index (χ3n) is 1.07. The van der Waals surface area contributed by atoms with Crippen molar-refractivity contribution in [3.8, 4) is 0 Å². The molecule has 0 aromatic carbocycles. The predicted octanol–water partition coefficient (Wildman–Crippen LogP) is 1.51. The molecule has 0 bridgehead atoms. The third kappa shape index (κ3) is 1.22. The molecule has 0 spiro atoms. The zero-order valence-corrected chi connectivity index (χ0v) is 6.67. The van der Waals surface area contributed by atoms with Crippen molar-refractivity contribution in [3.05, 3.63) is 17.0 Å². The van der Waals surface area contributed by atoms with Gasteiger partial charge in [-0.2, -0.15) is 0 Å². The molecule has 1 rings (SSSR count). The molecule has 0 aliphatic heterocycles. The van der Waals surface area contributed by atoms with E-state index < -0.39 is 0 Å². The van der Waals surface area contributed by atoms with Crippen LogP contribution in [0.4, 0.5) is 5.00 Å². The summed E-state index contributed by atoms with van der Waals surface area (Å²) in [6.45, 7) is 0. The highest BCUT2D eigenvalue weighted by atomic mass is 32.1. The topological polar surface area (TPSA) is 43.1 Å². The van der Waals surface area contributed by atoms with E-state index in [0.29, 0.717) is 10.6 Å². The molecule has 0 fully saturated rings. The highest BCUT2D eigenvalue weighted by Gasteiger charge is 2.05. The Kier molecular flexibility index (Phi) is 2.13. The summed E-state index contributed by atoms with van der Waals surface area (Å²) in [4.78, 5) is 10.9. The number of carbonyl (C=O) groups excluding carboxylic acids is 1. The van der Waals surface area contributed by atoms with Crippen LogP contribution in [0.3, 0.4) is 0 Å². The van der Waals surface area contributed by atoms with Crippen LogP contribution in [0, 0.1) is 0 Å². The Morgan fingerprint density at radius 2 is 2.50 bits per heavy atom. The first-order valence-electron chi connectivity index (χ1n) is 2.58.